The Balaban J connectivity index is 1.28. The van der Waals surface area contributed by atoms with Crippen molar-refractivity contribution in [1.29, 1.82) is 0 Å². The Hall–Kier alpha value is -3.39. The van der Waals surface area contributed by atoms with Crippen LogP contribution in [-0.4, -0.2) is 18.7 Å². The second kappa shape index (κ2) is 11.6. The fourth-order valence-corrected chi connectivity index (χ4v) is 6.17. The number of rotatable bonds is 8. The van der Waals surface area contributed by atoms with Crippen molar-refractivity contribution in [2.75, 3.05) is 11.9 Å². The summed E-state index contributed by atoms with van der Waals surface area (Å²) in [6.45, 7) is 3.86. The molecule has 40 heavy (non-hydrogen) atoms. The number of nitrogens with one attached hydrogen (secondary N) is 1. The van der Waals surface area contributed by atoms with E-state index >= 15 is 0 Å². The molecule has 1 heterocycles. The summed E-state index contributed by atoms with van der Waals surface area (Å²) in [7, 11) is 0. The number of halogens is 3. The van der Waals surface area contributed by atoms with Crippen molar-refractivity contribution < 1.29 is 23.5 Å². The molecule has 1 fully saturated rings. The first-order chi connectivity index (χ1) is 19.2. The Morgan fingerprint density at radius 2 is 1.60 bits per heavy atom. The summed E-state index contributed by atoms with van der Waals surface area (Å²) in [5, 5.41) is 2.94. The normalized spacial score (nSPS) is 14.3. The summed E-state index contributed by atoms with van der Waals surface area (Å²) >= 11 is 13.7. The quantitative estimate of drug-likeness (QED) is 0.205. The van der Waals surface area contributed by atoms with Gasteiger partial charge in [-0.2, -0.15) is 0 Å². The zero-order valence-electron chi connectivity index (χ0n) is 21.8. The molecule has 0 saturated heterocycles. The average Bonchev–Trinajstić information content (AvgIpc) is 3.66. The number of anilines is 1. The minimum absolute atomic E-state index is 0.149. The second-order valence-electron chi connectivity index (χ2n) is 9.59. The number of hydrogen-bond donors (Lipinski definition) is 1. The van der Waals surface area contributed by atoms with Gasteiger partial charge in [0.2, 0.25) is 0 Å². The van der Waals surface area contributed by atoms with Gasteiger partial charge in [0.1, 0.15) is 11.9 Å². The summed E-state index contributed by atoms with van der Waals surface area (Å²) in [4.78, 5) is 25.9. The molecule has 5 rings (SSSR count). The van der Waals surface area contributed by atoms with Gasteiger partial charge in [-0.15, -0.1) is 11.3 Å². The average molecular weight is 599 g/mol. The van der Waals surface area contributed by atoms with Crippen molar-refractivity contribution in [1.82, 2.24) is 0 Å². The third-order valence-electron chi connectivity index (χ3n) is 6.96. The van der Waals surface area contributed by atoms with Crippen molar-refractivity contribution in [3.05, 3.63) is 99.1 Å². The first-order valence-corrected chi connectivity index (χ1v) is 14.4. The summed E-state index contributed by atoms with van der Waals surface area (Å²) in [6.07, 6.45) is 0.248. The molecule has 1 amide bonds. The number of ether oxygens (including phenoxy) is 2. The van der Waals surface area contributed by atoms with E-state index < -0.39 is 23.4 Å². The monoisotopic (exact) mass is 597 g/mol. The minimum Gasteiger partial charge on any atom is -0.465 e. The second-order valence-corrected chi connectivity index (χ2v) is 11.7. The SMILES string of the molecule is CCOC(=O)C1(c2ccc(-c3ccc(-c4sc(Cl)cc4NC(=O)OC(C)c4ccc(F)cc4Cl)cc3)cc2)CC1. The zero-order valence-corrected chi connectivity index (χ0v) is 24.1. The first kappa shape index (κ1) is 28.1. The van der Waals surface area contributed by atoms with Crippen LogP contribution in [0.1, 0.15) is 43.9 Å². The van der Waals surface area contributed by atoms with E-state index in [4.69, 9.17) is 32.7 Å². The number of carbonyl (C=O) groups excluding carboxylic acids is 2. The van der Waals surface area contributed by atoms with Crippen molar-refractivity contribution >= 4 is 52.3 Å². The maximum atomic E-state index is 13.4. The molecule has 0 radical (unpaired) electrons. The molecule has 0 spiro atoms. The largest absolute Gasteiger partial charge is 0.465 e. The van der Waals surface area contributed by atoms with Crippen LogP contribution in [0, 0.1) is 5.82 Å². The fourth-order valence-electron chi connectivity index (χ4n) is 4.66. The number of esters is 1. The van der Waals surface area contributed by atoms with Crippen LogP contribution in [0.3, 0.4) is 0 Å². The van der Waals surface area contributed by atoms with Gasteiger partial charge in [-0.3, -0.25) is 10.1 Å². The zero-order chi connectivity index (χ0) is 28.4. The van der Waals surface area contributed by atoms with Gasteiger partial charge in [0.05, 0.1) is 31.9 Å². The van der Waals surface area contributed by atoms with Crippen LogP contribution in [0.4, 0.5) is 14.9 Å². The van der Waals surface area contributed by atoms with Crippen LogP contribution in [0.15, 0.2) is 72.8 Å². The van der Waals surface area contributed by atoms with Gasteiger partial charge in [-0.25, -0.2) is 9.18 Å². The fraction of sp³-hybridized carbons (Fsp3) is 0.226. The molecule has 5 nitrogen and oxygen atoms in total. The van der Waals surface area contributed by atoms with E-state index in [9.17, 15) is 14.0 Å². The Bertz CT molecular complexity index is 1550. The van der Waals surface area contributed by atoms with Crippen molar-refractivity contribution in [3.8, 4) is 21.6 Å². The summed E-state index contributed by atoms with van der Waals surface area (Å²) in [5.74, 6) is -0.615. The highest BCUT2D eigenvalue weighted by Crippen LogP contribution is 2.49. The molecular formula is C31H26Cl2FNO4S. The van der Waals surface area contributed by atoms with E-state index in [0.717, 1.165) is 40.0 Å². The van der Waals surface area contributed by atoms with Gasteiger partial charge in [-0.05, 0) is 67.1 Å². The Morgan fingerprint density at radius 3 is 2.20 bits per heavy atom. The van der Waals surface area contributed by atoms with Crippen LogP contribution in [-0.2, 0) is 19.7 Å². The van der Waals surface area contributed by atoms with Crippen LogP contribution in [0.5, 0.6) is 0 Å². The molecule has 1 N–H and O–H groups in total. The topological polar surface area (TPSA) is 64.6 Å². The molecule has 4 aromatic rings. The van der Waals surface area contributed by atoms with Gasteiger partial charge in [-0.1, -0.05) is 77.8 Å². The highest BCUT2D eigenvalue weighted by molar-refractivity contribution is 7.20. The molecule has 0 aliphatic heterocycles. The van der Waals surface area contributed by atoms with E-state index in [1.165, 1.54) is 29.5 Å². The third kappa shape index (κ3) is 5.87. The lowest BCUT2D eigenvalue weighted by Gasteiger charge is -2.16. The van der Waals surface area contributed by atoms with Crippen LogP contribution >= 0.6 is 34.5 Å². The molecule has 1 saturated carbocycles. The highest BCUT2D eigenvalue weighted by atomic mass is 35.5. The minimum atomic E-state index is -0.691. The molecule has 206 valence electrons. The van der Waals surface area contributed by atoms with Crippen LogP contribution in [0.2, 0.25) is 9.36 Å². The molecule has 1 aliphatic rings. The maximum absolute atomic E-state index is 13.4. The first-order valence-electron chi connectivity index (χ1n) is 12.8. The summed E-state index contributed by atoms with van der Waals surface area (Å²) in [5.41, 5.74) is 4.42. The molecule has 1 aromatic heterocycles. The van der Waals surface area contributed by atoms with Gasteiger partial charge in [0.25, 0.3) is 0 Å². The van der Waals surface area contributed by atoms with Gasteiger partial charge in [0, 0.05) is 5.56 Å². The van der Waals surface area contributed by atoms with E-state index in [0.29, 0.717) is 22.2 Å². The van der Waals surface area contributed by atoms with Gasteiger partial charge >= 0.3 is 12.1 Å². The Labute approximate surface area is 245 Å². The molecular weight excluding hydrogens is 572 g/mol. The van der Waals surface area contributed by atoms with Crippen LogP contribution < -0.4 is 5.32 Å². The number of hydrogen-bond acceptors (Lipinski definition) is 5. The number of amides is 1. The van der Waals surface area contributed by atoms with Crippen molar-refractivity contribution in [2.24, 2.45) is 0 Å². The number of benzene rings is 3. The Kier molecular flexibility index (Phi) is 8.17. The number of carbonyl (C=O) groups is 2. The predicted octanol–water partition coefficient (Wildman–Crippen LogP) is 9.43. The maximum Gasteiger partial charge on any atom is 0.412 e. The van der Waals surface area contributed by atoms with E-state index in [2.05, 4.69) is 5.32 Å². The van der Waals surface area contributed by atoms with Crippen molar-refractivity contribution in [2.45, 2.75) is 38.2 Å². The van der Waals surface area contributed by atoms with E-state index in [1.807, 2.05) is 55.5 Å². The molecule has 9 heteroatoms. The lowest BCUT2D eigenvalue weighted by atomic mass is 9.93. The third-order valence-corrected chi connectivity index (χ3v) is 8.60. The van der Waals surface area contributed by atoms with E-state index in [-0.39, 0.29) is 11.0 Å². The molecule has 0 bridgehead atoms. The standard InChI is InChI=1S/C31H26Cl2FNO4S/c1-3-38-29(36)31(14-15-31)22-10-8-20(9-11-22)19-4-6-21(7-5-19)28-26(17-27(33)40-28)35-30(37)39-18(2)24-13-12-23(34)16-25(24)32/h4-13,16-18H,3,14-15H2,1-2H3,(H,35,37). The summed E-state index contributed by atoms with van der Waals surface area (Å²) in [6, 6.07) is 21.6. The molecule has 1 unspecified atom stereocenters. The Morgan fingerprint density at radius 1 is 0.975 bits per heavy atom. The smallest absolute Gasteiger partial charge is 0.412 e. The van der Waals surface area contributed by atoms with Crippen LogP contribution in [0.25, 0.3) is 21.6 Å². The van der Waals surface area contributed by atoms with Crippen molar-refractivity contribution in [3.63, 3.8) is 0 Å². The molecule has 1 aliphatic carbocycles. The van der Waals surface area contributed by atoms with E-state index in [1.54, 1.807) is 13.0 Å². The lowest BCUT2D eigenvalue weighted by molar-refractivity contribution is -0.146. The lowest BCUT2D eigenvalue weighted by Crippen LogP contribution is -2.23. The highest BCUT2D eigenvalue weighted by Gasteiger charge is 2.52. The predicted molar refractivity (Wildman–Crippen MR) is 158 cm³/mol. The number of thiophene rings is 1. The van der Waals surface area contributed by atoms with Gasteiger partial charge in [0.15, 0.2) is 0 Å². The molecule has 1 atom stereocenters. The van der Waals surface area contributed by atoms with Gasteiger partial charge < -0.3 is 9.47 Å². The summed E-state index contributed by atoms with van der Waals surface area (Å²) < 4.78 is 24.6. The molecule has 3 aromatic carbocycles.